The zero-order chi connectivity index (χ0) is 21.5. The highest BCUT2D eigenvalue weighted by Gasteiger charge is 2.31. The van der Waals surface area contributed by atoms with E-state index in [2.05, 4.69) is 25.4 Å². The maximum Gasteiger partial charge on any atom is 0.162 e. The number of hydrogen-bond donors (Lipinski definition) is 3. The number of aliphatic hydroxyl groups is 1. The molecule has 0 unspecified atom stereocenters. The van der Waals surface area contributed by atoms with Gasteiger partial charge in [-0.15, -0.1) is 0 Å². The number of nitrogens with zero attached hydrogens (tertiary/aromatic N) is 6. The van der Waals surface area contributed by atoms with Crippen molar-refractivity contribution in [3.05, 3.63) is 64.2 Å². The van der Waals surface area contributed by atoms with E-state index in [0.717, 1.165) is 0 Å². The van der Waals surface area contributed by atoms with Gasteiger partial charge in [0.05, 0.1) is 11.9 Å². The van der Waals surface area contributed by atoms with Crippen molar-refractivity contribution >= 4 is 40.5 Å². The van der Waals surface area contributed by atoms with E-state index in [0.29, 0.717) is 32.6 Å². The molecule has 1 atom stereocenters. The van der Waals surface area contributed by atoms with Gasteiger partial charge in [0.15, 0.2) is 22.3 Å². The van der Waals surface area contributed by atoms with E-state index >= 15 is 0 Å². The lowest BCUT2D eigenvalue weighted by Gasteiger charge is -2.28. The zero-order valence-corrected chi connectivity index (χ0v) is 17.0. The van der Waals surface area contributed by atoms with Crippen LogP contribution in [0.1, 0.15) is 18.1 Å². The Labute approximate surface area is 180 Å². The Hall–Kier alpha value is -3.45. The van der Waals surface area contributed by atoms with Crippen LogP contribution in [-0.4, -0.2) is 29.7 Å². The summed E-state index contributed by atoms with van der Waals surface area (Å²) in [6.07, 6.45) is 2.65. The van der Waals surface area contributed by atoms with Gasteiger partial charge in [-0.3, -0.25) is 0 Å². The predicted octanol–water partition coefficient (Wildman–Crippen LogP) is 3.22. The van der Waals surface area contributed by atoms with Crippen molar-refractivity contribution in [3.63, 3.8) is 0 Å². The van der Waals surface area contributed by atoms with E-state index in [1.807, 2.05) is 6.07 Å². The third-order valence-corrected chi connectivity index (χ3v) is 4.92. The predicted molar refractivity (Wildman–Crippen MR) is 113 cm³/mol. The molecule has 0 spiro atoms. The van der Waals surface area contributed by atoms with Crippen LogP contribution in [0.4, 0.5) is 11.6 Å². The molecule has 1 aromatic carbocycles. The molecule has 9 nitrogen and oxygen atoms in total. The lowest BCUT2D eigenvalue weighted by molar-refractivity contribution is 0.0885. The summed E-state index contributed by atoms with van der Waals surface area (Å²) in [5.41, 5.74) is 5.88. The number of fused-ring (bicyclic) bond motifs is 1. The Bertz CT molecular complexity index is 1310. The zero-order valence-electron chi connectivity index (χ0n) is 15.5. The molecule has 4 N–H and O–H groups in total. The molecule has 150 valence electrons. The Morgan fingerprint density at radius 1 is 1.23 bits per heavy atom. The second-order valence-electron chi connectivity index (χ2n) is 6.56. The van der Waals surface area contributed by atoms with Crippen LogP contribution in [0.15, 0.2) is 42.9 Å². The van der Waals surface area contributed by atoms with E-state index in [1.165, 1.54) is 24.0 Å². The molecule has 3 heterocycles. The number of anilines is 2. The number of aromatic nitrogens is 5. The summed E-state index contributed by atoms with van der Waals surface area (Å²) in [7, 11) is 0. The van der Waals surface area contributed by atoms with Crippen LogP contribution in [0.2, 0.25) is 10.2 Å². The Kier molecular flexibility index (Phi) is 4.91. The number of nitriles is 1. The van der Waals surface area contributed by atoms with Gasteiger partial charge in [-0.05, 0) is 25.1 Å². The molecule has 0 fully saturated rings. The largest absolute Gasteiger partial charge is 0.382 e. The molecule has 0 radical (unpaired) electrons. The molecule has 0 saturated carbocycles. The summed E-state index contributed by atoms with van der Waals surface area (Å²) in [4.78, 5) is 12.0. The lowest BCUT2D eigenvalue weighted by atomic mass is 9.98. The summed E-state index contributed by atoms with van der Waals surface area (Å²) in [6.45, 7) is 1.50. The fraction of sp³-hybridized carbons (Fsp3) is 0.105. The Morgan fingerprint density at radius 3 is 2.77 bits per heavy atom. The third-order valence-electron chi connectivity index (χ3n) is 4.42. The highest BCUT2D eigenvalue weighted by molar-refractivity contribution is 6.31. The number of nitrogens with two attached hydrogens (primary N) is 1. The van der Waals surface area contributed by atoms with Crippen molar-refractivity contribution in [2.45, 2.75) is 12.6 Å². The Morgan fingerprint density at radius 2 is 2.03 bits per heavy atom. The van der Waals surface area contributed by atoms with Gasteiger partial charge in [0.1, 0.15) is 23.8 Å². The first-order valence-electron chi connectivity index (χ1n) is 8.62. The molecule has 0 saturated heterocycles. The van der Waals surface area contributed by atoms with Crippen molar-refractivity contribution < 1.29 is 5.11 Å². The third kappa shape index (κ3) is 3.48. The number of nitrogen functional groups attached to an aromatic ring is 1. The molecule has 0 aliphatic heterocycles. The average molecular weight is 441 g/mol. The minimum atomic E-state index is -1.72. The van der Waals surface area contributed by atoms with Gasteiger partial charge in [-0.25, -0.2) is 19.5 Å². The van der Waals surface area contributed by atoms with Gasteiger partial charge in [-0.2, -0.15) is 10.4 Å². The molecule has 4 aromatic rings. The normalized spacial score (nSPS) is 13.0. The van der Waals surface area contributed by atoms with Crippen LogP contribution in [0.25, 0.3) is 16.9 Å². The van der Waals surface area contributed by atoms with Gasteiger partial charge in [-0.1, -0.05) is 35.3 Å². The highest BCUT2D eigenvalue weighted by atomic mass is 35.5. The van der Waals surface area contributed by atoms with Crippen molar-refractivity contribution in [1.82, 2.24) is 24.6 Å². The average Bonchev–Trinajstić information content (AvgIpc) is 3.07. The van der Waals surface area contributed by atoms with Crippen molar-refractivity contribution in [1.29, 1.82) is 5.26 Å². The molecule has 4 rings (SSSR count). The van der Waals surface area contributed by atoms with Gasteiger partial charge < -0.3 is 16.2 Å². The van der Waals surface area contributed by atoms with Gasteiger partial charge in [0.25, 0.3) is 0 Å². The first-order valence-corrected chi connectivity index (χ1v) is 9.37. The van der Waals surface area contributed by atoms with E-state index in [-0.39, 0.29) is 17.2 Å². The maximum atomic E-state index is 11.4. The minimum Gasteiger partial charge on any atom is -0.382 e. The highest BCUT2D eigenvalue weighted by Crippen LogP contribution is 2.34. The standard InChI is InChI=1S/C19H14Cl2N8O/c1-19(30,27-18-12(7-22)17(23)25-9-26-18)13-6-15-24-8-14(21)29(15)28-16(13)10-3-2-4-11(20)5-10/h2-6,8-9,30H,1H3,(H3,23,25,26,27)/t19-/m0/s1. The van der Waals surface area contributed by atoms with Crippen LogP contribution in [0, 0.1) is 11.3 Å². The molecule has 0 bridgehead atoms. The fourth-order valence-corrected chi connectivity index (χ4v) is 3.37. The number of benzene rings is 1. The summed E-state index contributed by atoms with van der Waals surface area (Å²) in [6, 6.07) is 10.6. The van der Waals surface area contributed by atoms with E-state index in [1.54, 1.807) is 30.3 Å². The van der Waals surface area contributed by atoms with Gasteiger partial charge in [0.2, 0.25) is 0 Å². The molecule has 30 heavy (non-hydrogen) atoms. The smallest absolute Gasteiger partial charge is 0.162 e. The van der Waals surface area contributed by atoms with Crippen LogP contribution >= 0.6 is 23.2 Å². The first kappa shape index (κ1) is 19.8. The Balaban J connectivity index is 1.91. The lowest BCUT2D eigenvalue weighted by Crippen LogP contribution is -2.33. The number of rotatable bonds is 4. The number of imidazole rings is 1. The fourth-order valence-electron chi connectivity index (χ4n) is 3.01. The molecule has 0 aliphatic rings. The topological polar surface area (TPSA) is 138 Å². The summed E-state index contributed by atoms with van der Waals surface area (Å²) >= 11 is 12.3. The summed E-state index contributed by atoms with van der Waals surface area (Å²) < 4.78 is 1.45. The van der Waals surface area contributed by atoms with E-state index in [4.69, 9.17) is 28.9 Å². The molecule has 0 amide bonds. The molecule has 11 heteroatoms. The van der Waals surface area contributed by atoms with Crippen LogP contribution in [0.5, 0.6) is 0 Å². The maximum absolute atomic E-state index is 11.4. The molecular formula is C19H14Cl2N8O. The SMILES string of the molecule is C[C@@](O)(Nc1ncnc(N)c1C#N)c1cc2ncc(Cl)n2nc1-c1cccc(Cl)c1. The van der Waals surface area contributed by atoms with Gasteiger partial charge >= 0.3 is 0 Å². The van der Waals surface area contributed by atoms with Crippen LogP contribution < -0.4 is 11.1 Å². The molecule has 0 aliphatic carbocycles. The summed E-state index contributed by atoms with van der Waals surface area (Å²) in [5, 5.41) is 29.0. The van der Waals surface area contributed by atoms with E-state index < -0.39 is 5.72 Å². The summed E-state index contributed by atoms with van der Waals surface area (Å²) in [5.74, 6) is 0.0720. The van der Waals surface area contributed by atoms with Crippen molar-refractivity contribution in [2.24, 2.45) is 0 Å². The number of halogens is 2. The first-order chi connectivity index (χ1) is 14.3. The second-order valence-corrected chi connectivity index (χ2v) is 7.38. The second kappa shape index (κ2) is 7.42. The number of hydrogen-bond acceptors (Lipinski definition) is 8. The van der Waals surface area contributed by atoms with Crippen LogP contribution in [0.3, 0.4) is 0 Å². The molecule has 3 aromatic heterocycles. The van der Waals surface area contributed by atoms with Crippen molar-refractivity contribution in [3.8, 4) is 17.3 Å². The minimum absolute atomic E-state index is 0.00511. The van der Waals surface area contributed by atoms with E-state index in [9.17, 15) is 10.4 Å². The van der Waals surface area contributed by atoms with Gasteiger partial charge in [0, 0.05) is 16.1 Å². The number of nitrogens with one attached hydrogen (secondary N) is 1. The van der Waals surface area contributed by atoms with Crippen molar-refractivity contribution in [2.75, 3.05) is 11.1 Å². The molecular weight excluding hydrogens is 427 g/mol. The monoisotopic (exact) mass is 440 g/mol. The van der Waals surface area contributed by atoms with Crippen LogP contribution in [-0.2, 0) is 5.72 Å². The quantitative estimate of drug-likeness (QED) is 0.411.